The fourth-order valence-electron chi connectivity index (χ4n) is 3.66. The lowest BCUT2D eigenvalue weighted by molar-refractivity contribution is -0.118. The van der Waals surface area contributed by atoms with Gasteiger partial charge in [-0.25, -0.2) is 0 Å². The summed E-state index contributed by atoms with van der Waals surface area (Å²) in [7, 11) is 1.48. The van der Waals surface area contributed by atoms with Crippen molar-refractivity contribution in [2.75, 3.05) is 19.0 Å². The molecule has 3 aromatic rings. The molecule has 0 aromatic heterocycles. The quantitative estimate of drug-likeness (QED) is 0.439. The highest BCUT2D eigenvalue weighted by Gasteiger charge is 2.32. The van der Waals surface area contributed by atoms with Gasteiger partial charge in [0.15, 0.2) is 29.7 Å². The van der Waals surface area contributed by atoms with Crippen LogP contribution in [0, 0.1) is 13.8 Å². The summed E-state index contributed by atoms with van der Waals surface area (Å²) in [4.78, 5) is 37.6. The topological polar surface area (TPSA) is 81.7 Å². The molecule has 1 aliphatic carbocycles. The van der Waals surface area contributed by atoms with E-state index in [2.05, 4.69) is 5.32 Å². The van der Waals surface area contributed by atoms with Crippen LogP contribution in [-0.2, 0) is 4.79 Å². The minimum Gasteiger partial charge on any atom is -0.493 e. The molecule has 6 heteroatoms. The van der Waals surface area contributed by atoms with Gasteiger partial charge in [-0.2, -0.15) is 0 Å². The van der Waals surface area contributed by atoms with E-state index in [9.17, 15) is 14.4 Å². The van der Waals surface area contributed by atoms with Crippen LogP contribution in [0.4, 0.5) is 5.69 Å². The zero-order valence-corrected chi connectivity index (χ0v) is 18.6. The van der Waals surface area contributed by atoms with Crippen LogP contribution in [-0.4, -0.2) is 31.2 Å². The van der Waals surface area contributed by atoms with Crippen molar-refractivity contribution in [1.82, 2.24) is 0 Å². The molecule has 33 heavy (non-hydrogen) atoms. The molecule has 4 rings (SSSR count). The van der Waals surface area contributed by atoms with Crippen LogP contribution in [0.15, 0.2) is 66.2 Å². The average molecular weight is 441 g/mol. The van der Waals surface area contributed by atoms with Crippen molar-refractivity contribution in [1.29, 1.82) is 0 Å². The number of hydrogen-bond acceptors (Lipinski definition) is 5. The Labute approximate surface area is 191 Å². The molecule has 3 aromatic carbocycles. The predicted octanol–water partition coefficient (Wildman–Crippen LogP) is 4.79. The fourth-order valence-corrected chi connectivity index (χ4v) is 3.66. The van der Waals surface area contributed by atoms with Crippen LogP contribution in [0.1, 0.15) is 37.4 Å². The van der Waals surface area contributed by atoms with Gasteiger partial charge < -0.3 is 14.8 Å². The average Bonchev–Trinajstić information content (AvgIpc) is 3.05. The lowest BCUT2D eigenvalue weighted by atomic mass is 10.1. The van der Waals surface area contributed by atoms with Gasteiger partial charge in [0.05, 0.1) is 12.7 Å². The van der Waals surface area contributed by atoms with Crippen molar-refractivity contribution >= 4 is 29.2 Å². The standard InChI is InChI=1S/C27H23NO5/c1-16-8-9-17(2)22(12-16)28-25(29)15-33-23-11-10-18(14-24(23)32-3)13-21-26(30)19-6-4-5-7-20(19)27(21)31/h4-14H,15H2,1-3H3,(H,28,29). The van der Waals surface area contributed by atoms with Crippen molar-refractivity contribution in [3.05, 3.63) is 94.1 Å². The van der Waals surface area contributed by atoms with E-state index in [1.165, 1.54) is 7.11 Å². The van der Waals surface area contributed by atoms with E-state index in [1.54, 1.807) is 48.5 Å². The first kappa shape index (κ1) is 22.0. The van der Waals surface area contributed by atoms with Gasteiger partial charge >= 0.3 is 0 Å². The number of carbonyl (C=O) groups excluding carboxylic acids is 3. The molecule has 6 nitrogen and oxygen atoms in total. The first-order valence-corrected chi connectivity index (χ1v) is 10.5. The fraction of sp³-hybridized carbons (Fsp3) is 0.148. The molecule has 0 aliphatic heterocycles. The number of aryl methyl sites for hydroxylation is 2. The van der Waals surface area contributed by atoms with Crippen LogP contribution in [0.2, 0.25) is 0 Å². The van der Waals surface area contributed by atoms with Crippen molar-refractivity contribution in [2.24, 2.45) is 0 Å². The van der Waals surface area contributed by atoms with E-state index in [0.29, 0.717) is 28.2 Å². The van der Waals surface area contributed by atoms with E-state index in [4.69, 9.17) is 9.47 Å². The van der Waals surface area contributed by atoms with Crippen LogP contribution in [0.25, 0.3) is 6.08 Å². The van der Waals surface area contributed by atoms with Crippen LogP contribution in [0.3, 0.4) is 0 Å². The monoisotopic (exact) mass is 441 g/mol. The lowest BCUT2D eigenvalue weighted by Gasteiger charge is -2.13. The number of hydrogen-bond donors (Lipinski definition) is 1. The maximum atomic E-state index is 12.6. The Kier molecular flexibility index (Phi) is 6.09. The molecule has 0 heterocycles. The Morgan fingerprint density at radius 3 is 2.27 bits per heavy atom. The number of nitrogens with one attached hydrogen (secondary N) is 1. The third kappa shape index (κ3) is 4.55. The number of carbonyl (C=O) groups is 3. The van der Waals surface area contributed by atoms with E-state index < -0.39 is 0 Å². The smallest absolute Gasteiger partial charge is 0.262 e. The molecule has 0 saturated carbocycles. The van der Waals surface area contributed by atoms with Crippen LogP contribution < -0.4 is 14.8 Å². The summed E-state index contributed by atoms with van der Waals surface area (Å²) in [5, 5.41) is 2.85. The predicted molar refractivity (Wildman–Crippen MR) is 126 cm³/mol. The molecular weight excluding hydrogens is 418 g/mol. The Morgan fingerprint density at radius 2 is 1.61 bits per heavy atom. The van der Waals surface area contributed by atoms with E-state index in [-0.39, 0.29) is 29.7 Å². The lowest BCUT2D eigenvalue weighted by Crippen LogP contribution is -2.20. The number of rotatable bonds is 6. The van der Waals surface area contributed by atoms with Gasteiger partial charge in [-0.05, 0) is 54.8 Å². The number of allylic oxidation sites excluding steroid dienone is 1. The minimum atomic E-state index is -0.295. The summed E-state index contributed by atoms with van der Waals surface area (Å²) in [6.07, 6.45) is 1.55. The first-order valence-electron chi connectivity index (χ1n) is 10.5. The summed E-state index contributed by atoms with van der Waals surface area (Å²) in [6, 6.07) is 17.6. The highest BCUT2D eigenvalue weighted by molar-refractivity contribution is 6.41. The second-order valence-electron chi connectivity index (χ2n) is 7.83. The number of fused-ring (bicyclic) bond motifs is 1. The number of Topliss-reactive ketones (excluding diaryl/α,β-unsaturated/α-hetero) is 2. The van der Waals surface area contributed by atoms with Crippen molar-refractivity contribution in [3.63, 3.8) is 0 Å². The third-order valence-corrected chi connectivity index (χ3v) is 5.43. The Balaban J connectivity index is 1.48. The van der Waals surface area contributed by atoms with Gasteiger partial charge in [-0.1, -0.05) is 42.5 Å². The summed E-state index contributed by atoms with van der Waals surface area (Å²) >= 11 is 0. The largest absolute Gasteiger partial charge is 0.493 e. The van der Waals surface area contributed by atoms with Crippen LogP contribution >= 0.6 is 0 Å². The molecule has 0 saturated heterocycles. The number of ketones is 2. The van der Waals surface area contributed by atoms with E-state index in [0.717, 1.165) is 16.8 Å². The zero-order valence-electron chi connectivity index (χ0n) is 18.6. The highest BCUT2D eigenvalue weighted by Crippen LogP contribution is 2.32. The Morgan fingerprint density at radius 1 is 0.909 bits per heavy atom. The molecule has 1 N–H and O–H groups in total. The molecule has 166 valence electrons. The van der Waals surface area contributed by atoms with Crippen LogP contribution in [0.5, 0.6) is 11.5 Å². The molecule has 0 spiro atoms. The summed E-state index contributed by atoms with van der Waals surface area (Å²) in [6.45, 7) is 3.68. The van der Waals surface area contributed by atoms with Gasteiger partial charge in [0, 0.05) is 16.8 Å². The maximum absolute atomic E-state index is 12.6. The van der Waals surface area contributed by atoms with E-state index >= 15 is 0 Å². The van der Waals surface area contributed by atoms with Gasteiger partial charge in [0.1, 0.15) is 0 Å². The number of ether oxygens (including phenoxy) is 2. The minimum absolute atomic E-state index is 0.111. The Hall–Kier alpha value is -4.19. The second kappa shape index (κ2) is 9.12. The highest BCUT2D eigenvalue weighted by atomic mass is 16.5. The van der Waals surface area contributed by atoms with Crippen molar-refractivity contribution < 1.29 is 23.9 Å². The normalized spacial score (nSPS) is 12.4. The first-order chi connectivity index (χ1) is 15.9. The second-order valence-corrected chi connectivity index (χ2v) is 7.83. The molecule has 1 amide bonds. The third-order valence-electron chi connectivity index (χ3n) is 5.43. The number of anilines is 1. The number of methoxy groups -OCH3 is 1. The summed E-state index contributed by atoms with van der Waals surface area (Å²) in [5.74, 6) is -0.115. The maximum Gasteiger partial charge on any atom is 0.262 e. The Bertz CT molecular complexity index is 1270. The van der Waals surface area contributed by atoms with Gasteiger partial charge in [0.25, 0.3) is 5.91 Å². The SMILES string of the molecule is COc1cc(C=C2C(=O)c3ccccc3C2=O)ccc1OCC(=O)Nc1cc(C)ccc1C. The molecule has 1 aliphatic rings. The summed E-state index contributed by atoms with van der Waals surface area (Å²) < 4.78 is 11.1. The number of benzene rings is 3. The van der Waals surface area contributed by atoms with Crippen molar-refractivity contribution in [3.8, 4) is 11.5 Å². The van der Waals surface area contributed by atoms with Gasteiger partial charge in [-0.3, -0.25) is 14.4 Å². The molecular formula is C27H23NO5. The van der Waals surface area contributed by atoms with Gasteiger partial charge in [-0.15, -0.1) is 0 Å². The van der Waals surface area contributed by atoms with Gasteiger partial charge in [0.2, 0.25) is 0 Å². The van der Waals surface area contributed by atoms with E-state index in [1.807, 2.05) is 32.0 Å². The van der Waals surface area contributed by atoms with Crippen molar-refractivity contribution in [2.45, 2.75) is 13.8 Å². The molecule has 0 unspecified atom stereocenters. The molecule has 0 bridgehead atoms. The zero-order chi connectivity index (χ0) is 23.5. The summed E-state index contributed by atoms with van der Waals surface area (Å²) in [5.41, 5.74) is 4.30. The molecule has 0 fully saturated rings. The number of amides is 1. The molecule has 0 radical (unpaired) electrons. The molecule has 0 atom stereocenters.